The van der Waals surface area contributed by atoms with Gasteiger partial charge in [-0.15, -0.1) is 0 Å². The average Bonchev–Trinajstić information content (AvgIpc) is 1.97. The molecule has 0 unspecified atom stereocenters. The predicted octanol–water partition coefficient (Wildman–Crippen LogP) is 3.86. The maximum absolute atomic E-state index is 6.13. The van der Waals surface area contributed by atoms with Crippen LogP contribution in [0.1, 0.15) is 19.3 Å². The van der Waals surface area contributed by atoms with Crippen LogP contribution in [0.2, 0.25) is 34.5 Å². The van der Waals surface area contributed by atoms with Crippen molar-refractivity contribution in [1.82, 2.24) is 0 Å². The summed E-state index contributed by atoms with van der Waals surface area (Å²) in [4.78, 5) is 0. The van der Waals surface area contributed by atoms with Crippen LogP contribution in [0.5, 0.6) is 0 Å². The van der Waals surface area contributed by atoms with Gasteiger partial charge in [0.2, 0.25) is 0 Å². The summed E-state index contributed by atoms with van der Waals surface area (Å²) in [5.41, 5.74) is 0.386. The van der Waals surface area contributed by atoms with Crippen LogP contribution in [-0.4, -0.2) is 40.4 Å². The minimum atomic E-state index is -1.83. The Labute approximate surface area is 107 Å². The first kappa shape index (κ1) is 15.1. The van der Waals surface area contributed by atoms with Gasteiger partial charge < -0.3 is 0 Å². The molecule has 0 radical (unpaired) electrons. The van der Waals surface area contributed by atoms with Crippen LogP contribution in [0.25, 0.3) is 0 Å². The molecular weight excluding hydrogens is 321 g/mol. The summed E-state index contributed by atoms with van der Waals surface area (Å²) >= 11 is -3.67. The van der Waals surface area contributed by atoms with E-state index in [4.69, 9.17) is 7.53 Å². The number of hydrogen-bond donors (Lipinski definition) is 0. The molecule has 0 heterocycles. The third kappa shape index (κ3) is 5.56. The van der Waals surface area contributed by atoms with Gasteiger partial charge in [0, 0.05) is 0 Å². The topological polar surface area (TPSA) is 18.5 Å². The Balaban J connectivity index is 2.39. The molecule has 0 atom stereocenters. The third-order valence-corrected chi connectivity index (χ3v) is 7.28. The van der Waals surface area contributed by atoms with Crippen molar-refractivity contribution >= 4 is 27.2 Å². The van der Waals surface area contributed by atoms with Crippen LogP contribution in [0.15, 0.2) is 0 Å². The van der Waals surface area contributed by atoms with Crippen molar-refractivity contribution < 1.29 is 7.53 Å². The van der Waals surface area contributed by atoms with Crippen molar-refractivity contribution in [2.75, 3.05) is 13.2 Å². The van der Waals surface area contributed by atoms with Gasteiger partial charge in [-0.2, -0.15) is 0 Å². The molecule has 96 valence electrons. The Hall–Kier alpha value is 1.01. The zero-order valence-electron chi connectivity index (χ0n) is 11.9. The molecule has 4 heteroatoms. The van der Waals surface area contributed by atoms with Gasteiger partial charge in [0.05, 0.1) is 0 Å². The van der Waals surface area contributed by atoms with E-state index in [-0.39, 0.29) is 0 Å². The van der Waals surface area contributed by atoms with E-state index in [9.17, 15) is 0 Å². The third-order valence-electron chi connectivity index (χ3n) is 3.04. The van der Waals surface area contributed by atoms with Gasteiger partial charge >= 0.3 is 107 Å². The molecule has 0 spiro atoms. The second-order valence-electron chi connectivity index (χ2n) is 7.16. The van der Waals surface area contributed by atoms with Gasteiger partial charge in [-0.1, -0.05) is 0 Å². The van der Waals surface area contributed by atoms with Gasteiger partial charge in [-0.05, 0) is 0 Å². The fourth-order valence-electron chi connectivity index (χ4n) is 1.75. The van der Waals surface area contributed by atoms with E-state index in [0.29, 0.717) is 5.41 Å². The monoisotopic (exact) mass is 352 g/mol. The Morgan fingerprint density at radius 1 is 0.812 bits per heavy atom. The van der Waals surface area contributed by atoms with Crippen molar-refractivity contribution in [2.45, 2.75) is 53.8 Å². The van der Waals surface area contributed by atoms with Gasteiger partial charge in [0.25, 0.3) is 0 Å². The second-order valence-corrected chi connectivity index (χ2v) is 26.1. The first-order valence-electron chi connectivity index (χ1n) is 6.40. The molecular formula is C12H28Ge2O2. The van der Waals surface area contributed by atoms with E-state index in [1.807, 2.05) is 0 Å². The van der Waals surface area contributed by atoms with Gasteiger partial charge in [0.1, 0.15) is 0 Å². The van der Waals surface area contributed by atoms with Crippen LogP contribution >= 0.6 is 0 Å². The Kier molecular flexibility index (Phi) is 5.02. The number of rotatable bonds is 6. The minimum absolute atomic E-state index is 0.386. The fourth-order valence-corrected chi connectivity index (χ4v) is 4.85. The molecule has 0 aromatic rings. The summed E-state index contributed by atoms with van der Waals surface area (Å²) in [6, 6.07) is 0. The van der Waals surface area contributed by atoms with Crippen LogP contribution < -0.4 is 0 Å². The van der Waals surface area contributed by atoms with Crippen molar-refractivity contribution in [2.24, 2.45) is 5.41 Å². The van der Waals surface area contributed by atoms with Crippen molar-refractivity contribution in [1.29, 1.82) is 0 Å². The Morgan fingerprint density at radius 3 is 1.38 bits per heavy atom. The summed E-state index contributed by atoms with van der Waals surface area (Å²) in [7, 11) is 0. The molecule has 0 aromatic carbocycles. The van der Waals surface area contributed by atoms with Crippen molar-refractivity contribution in [3.63, 3.8) is 0 Å². The molecule has 0 bridgehead atoms. The number of hydrogen-bond acceptors (Lipinski definition) is 2. The summed E-state index contributed by atoms with van der Waals surface area (Å²) in [6.45, 7) is 1.91. The summed E-state index contributed by atoms with van der Waals surface area (Å²) in [5, 5.41) is 0. The second kappa shape index (κ2) is 5.33. The maximum atomic E-state index is 6.13. The fraction of sp³-hybridized carbons (Fsp3) is 1.00. The quantitative estimate of drug-likeness (QED) is 0.678. The molecule has 2 nitrogen and oxygen atoms in total. The van der Waals surface area contributed by atoms with Crippen LogP contribution in [0, 0.1) is 5.41 Å². The first-order chi connectivity index (χ1) is 7.12. The SMILES string of the molecule is [CH3][Ge]([CH3])([CH3])[O]CC1(C[O][Ge]([CH3])([CH3])[CH3])CCC1. The molecule has 1 rings (SSSR count). The Morgan fingerprint density at radius 2 is 1.19 bits per heavy atom. The van der Waals surface area contributed by atoms with E-state index in [1.165, 1.54) is 19.3 Å². The van der Waals surface area contributed by atoms with Gasteiger partial charge in [-0.3, -0.25) is 0 Å². The van der Waals surface area contributed by atoms with E-state index >= 15 is 0 Å². The summed E-state index contributed by atoms with van der Waals surface area (Å²) < 4.78 is 12.3. The molecule has 1 fully saturated rings. The van der Waals surface area contributed by atoms with E-state index < -0.39 is 27.2 Å². The molecule has 1 saturated carbocycles. The standard InChI is InChI=1S/C12H28Ge2O2/c1-13(2,3)15-10-12(8-7-9-12)11-16-14(4,5)6/h7-11H2,1-6H3. The van der Waals surface area contributed by atoms with Crippen LogP contribution in [-0.2, 0) is 7.53 Å². The Bertz CT molecular complexity index is 204. The zero-order valence-corrected chi connectivity index (χ0v) is 16.0. The van der Waals surface area contributed by atoms with E-state index in [1.54, 1.807) is 0 Å². The van der Waals surface area contributed by atoms with Crippen LogP contribution in [0.4, 0.5) is 0 Å². The average molecular weight is 350 g/mol. The molecule has 1 aliphatic rings. The van der Waals surface area contributed by atoms with Crippen molar-refractivity contribution in [3.8, 4) is 0 Å². The molecule has 0 amide bonds. The first-order valence-corrected chi connectivity index (χ1v) is 20.7. The predicted molar refractivity (Wildman–Crippen MR) is 74.9 cm³/mol. The molecule has 16 heavy (non-hydrogen) atoms. The van der Waals surface area contributed by atoms with Crippen molar-refractivity contribution in [3.05, 3.63) is 0 Å². The van der Waals surface area contributed by atoms with E-state index in [0.717, 1.165) is 13.2 Å². The molecule has 0 aliphatic heterocycles. The van der Waals surface area contributed by atoms with Gasteiger partial charge in [0.15, 0.2) is 0 Å². The zero-order chi connectivity index (χ0) is 12.4. The molecule has 1 aliphatic carbocycles. The van der Waals surface area contributed by atoms with E-state index in [2.05, 4.69) is 34.5 Å². The summed E-state index contributed by atoms with van der Waals surface area (Å²) in [6.07, 6.45) is 3.98. The summed E-state index contributed by atoms with van der Waals surface area (Å²) in [5.74, 6) is 13.9. The van der Waals surface area contributed by atoms with Crippen LogP contribution in [0.3, 0.4) is 0 Å². The molecule has 0 aromatic heterocycles. The van der Waals surface area contributed by atoms with Gasteiger partial charge in [-0.25, -0.2) is 0 Å². The molecule has 0 saturated heterocycles. The molecule has 0 N–H and O–H groups in total. The normalized spacial score (nSPS) is 20.6.